The minimum atomic E-state index is 0.0520. The lowest BCUT2D eigenvalue weighted by Gasteiger charge is -2.08. The van der Waals surface area contributed by atoms with Gasteiger partial charge in [0.2, 0.25) is 5.91 Å². The number of amides is 1. The van der Waals surface area contributed by atoms with Crippen LogP contribution in [0.5, 0.6) is 0 Å². The van der Waals surface area contributed by atoms with Gasteiger partial charge in [-0.2, -0.15) is 0 Å². The van der Waals surface area contributed by atoms with E-state index in [1.54, 1.807) is 0 Å². The highest BCUT2D eigenvalue weighted by atomic mass is 32.2. The van der Waals surface area contributed by atoms with E-state index in [-0.39, 0.29) is 5.91 Å². The summed E-state index contributed by atoms with van der Waals surface area (Å²) < 4.78 is 0. The van der Waals surface area contributed by atoms with Gasteiger partial charge in [0.1, 0.15) is 0 Å². The van der Waals surface area contributed by atoms with Crippen molar-refractivity contribution in [1.82, 2.24) is 5.32 Å². The summed E-state index contributed by atoms with van der Waals surface area (Å²) in [5.41, 5.74) is 1.28. The van der Waals surface area contributed by atoms with Gasteiger partial charge >= 0.3 is 0 Å². The maximum Gasteiger partial charge on any atom is 0.236 e. The average molecular weight is 234 g/mol. The van der Waals surface area contributed by atoms with E-state index < -0.39 is 0 Å². The Balaban J connectivity index is 1.93. The van der Waals surface area contributed by atoms with Gasteiger partial charge in [-0.3, -0.25) is 9.79 Å². The molecule has 1 saturated heterocycles. The van der Waals surface area contributed by atoms with Crippen LogP contribution in [0, 0.1) is 0 Å². The SMILES string of the molecule is C[C@@H](CN=C1NC(=O)CS1)c1ccccc1. The van der Waals surface area contributed by atoms with Crippen LogP contribution in [-0.2, 0) is 4.79 Å². The summed E-state index contributed by atoms with van der Waals surface area (Å²) in [6, 6.07) is 10.3. The third-order valence-electron chi connectivity index (χ3n) is 2.46. The van der Waals surface area contributed by atoms with Crippen LogP contribution < -0.4 is 5.32 Å². The fraction of sp³-hybridized carbons (Fsp3) is 0.333. The number of benzene rings is 1. The largest absolute Gasteiger partial charge is 0.305 e. The number of thioether (sulfide) groups is 1. The lowest BCUT2D eigenvalue weighted by Crippen LogP contribution is -2.20. The van der Waals surface area contributed by atoms with Crippen LogP contribution in [0.25, 0.3) is 0 Å². The van der Waals surface area contributed by atoms with E-state index >= 15 is 0 Å². The van der Waals surface area contributed by atoms with Gasteiger partial charge in [-0.05, 0) is 5.56 Å². The summed E-state index contributed by atoms with van der Waals surface area (Å²) in [5, 5.41) is 3.49. The van der Waals surface area contributed by atoms with E-state index in [1.165, 1.54) is 17.3 Å². The highest BCUT2D eigenvalue weighted by Crippen LogP contribution is 2.16. The molecule has 4 heteroatoms. The molecule has 1 aliphatic heterocycles. The zero-order valence-corrected chi connectivity index (χ0v) is 9.96. The molecule has 1 aromatic carbocycles. The molecule has 0 spiro atoms. The van der Waals surface area contributed by atoms with Crippen molar-refractivity contribution in [3.8, 4) is 0 Å². The summed E-state index contributed by atoms with van der Waals surface area (Å²) in [6.45, 7) is 2.85. The van der Waals surface area contributed by atoms with Crippen LogP contribution >= 0.6 is 11.8 Å². The number of hydrogen-bond donors (Lipinski definition) is 1. The van der Waals surface area contributed by atoms with Gasteiger partial charge < -0.3 is 5.32 Å². The summed E-state index contributed by atoms with van der Waals surface area (Å²) >= 11 is 1.48. The molecule has 1 atom stereocenters. The minimum Gasteiger partial charge on any atom is -0.305 e. The van der Waals surface area contributed by atoms with Crippen LogP contribution in [0.4, 0.5) is 0 Å². The number of aliphatic imine (C=N–C) groups is 1. The highest BCUT2D eigenvalue weighted by Gasteiger charge is 2.16. The van der Waals surface area contributed by atoms with Crippen LogP contribution in [0.2, 0.25) is 0 Å². The Bertz CT molecular complexity index is 403. The van der Waals surface area contributed by atoms with Crippen molar-refractivity contribution in [2.24, 2.45) is 4.99 Å². The van der Waals surface area contributed by atoms with Crippen molar-refractivity contribution >= 4 is 22.8 Å². The van der Waals surface area contributed by atoms with E-state index in [2.05, 4.69) is 29.4 Å². The van der Waals surface area contributed by atoms with Crippen molar-refractivity contribution in [2.45, 2.75) is 12.8 Å². The van der Waals surface area contributed by atoms with Gasteiger partial charge in [-0.15, -0.1) is 0 Å². The predicted octanol–water partition coefficient (Wildman–Crippen LogP) is 2.01. The maximum absolute atomic E-state index is 11.0. The second-order valence-electron chi connectivity index (χ2n) is 3.79. The van der Waals surface area contributed by atoms with E-state index in [4.69, 9.17) is 0 Å². The van der Waals surface area contributed by atoms with Crippen molar-refractivity contribution in [3.63, 3.8) is 0 Å². The van der Waals surface area contributed by atoms with Gasteiger partial charge in [0.05, 0.1) is 5.75 Å². The second kappa shape index (κ2) is 5.16. The van der Waals surface area contributed by atoms with Crippen LogP contribution in [0.15, 0.2) is 35.3 Å². The minimum absolute atomic E-state index is 0.0520. The van der Waals surface area contributed by atoms with Gasteiger partial charge in [0.15, 0.2) is 5.17 Å². The standard InChI is InChI=1S/C12H14N2OS/c1-9(10-5-3-2-4-6-10)7-13-12-14-11(15)8-16-12/h2-6,9H,7-8H2,1H3,(H,13,14,15)/t9-/m0/s1. The first-order valence-electron chi connectivity index (χ1n) is 5.28. The van der Waals surface area contributed by atoms with E-state index in [0.717, 1.165) is 5.17 Å². The summed E-state index contributed by atoms with van der Waals surface area (Å²) in [6.07, 6.45) is 0. The Morgan fingerprint density at radius 3 is 2.81 bits per heavy atom. The molecule has 1 aliphatic rings. The number of carbonyl (C=O) groups is 1. The molecule has 0 aromatic heterocycles. The lowest BCUT2D eigenvalue weighted by molar-refractivity contribution is -0.116. The molecule has 0 saturated carbocycles. The molecule has 16 heavy (non-hydrogen) atoms. The summed E-state index contributed by atoms with van der Waals surface area (Å²) in [4.78, 5) is 15.4. The van der Waals surface area contributed by atoms with Gasteiger partial charge in [0, 0.05) is 12.5 Å². The number of amidine groups is 1. The first kappa shape index (κ1) is 11.2. The number of nitrogens with zero attached hydrogens (tertiary/aromatic N) is 1. The fourth-order valence-corrected chi connectivity index (χ4v) is 2.21. The zero-order valence-electron chi connectivity index (χ0n) is 9.14. The quantitative estimate of drug-likeness (QED) is 0.869. The predicted molar refractivity (Wildman–Crippen MR) is 67.8 cm³/mol. The highest BCUT2D eigenvalue weighted by molar-refractivity contribution is 8.15. The third-order valence-corrected chi connectivity index (χ3v) is 3.37. The molecule has 1 N–H and O–H groups in total. The molecule has 0 bridgehead atoms. The Hall–Kier alpha value is -1.29. The number of nitrogens with one attached hydrogen (secondary N) is 1. The molecule has 84 valence electrons. The first-order chi connectivity index (χ1) is 7.75. The molecule has 0 unspecified atom stereocenters. The van der Waals surface area contributed by atoms with E-state index in [0.29, 0.717) is 18.2 Å². The Kier molecular flexibility index (Phi) is 3.62. The monoisotopic (exact) mass is 234 g/mol. The Morgan fingerprint density at radius 2 is 2.19 bits per heavy atom. The molecule has 3 nitrogen and oxygen atoms in total. The van der Waals surface area contributed by atoms with Crippen LogP contribution in [0.1, 0.15) is 18.4 Å². The molecule has 1 fully saturated rings. The molecule has 2 rings (SSSR count). The van der Waals surface area contributed by atoms with Crippen molar-refractivity contribution in [2.75, 3.05) is 12.3 Å². The molecular formula is C12H14N2OS. The molecular weight excluding hydrogens is 220 g/mol. The lowest BCUT2D eigenvalue weighted by atomic mass is 10.0. The molecule has 0 aliphatic carbocycles. The molecule has 0 radical (unpaired) electrons. The van der Waals surface area contributed by atoms with Gasteiger partial charge in [0.25, 0.3) is 0 Å². The fourth-order valence-electron chi connectivity index (χ4n) is 1.52. The van der Waals surface area contributed by atoms with Gasteiger partial charge in [-0.1, -0.05) is 49.0 Å². The smallest absolute Gasteiger partial charge is 0.236 e. The third kappa shape index (κ3) is 2.85. The topological polar surface area (TPSA) is 41.5 Å². The van der Waals surface area contributed by atoms with Crippen molar-refractivity contribution in [1.29, 1.82) is 0 Å². The molecule has 1 aromatic rings. The zero-order chi connectivity index (χ0) is 11.4. The number of carbonyl (C=O) groups excluding carboxylic acids is 1. The van der Waals surface area contributed by atoms with E-state index in [9.17, 15) is 4.79 Å². The van der Waals surface area contributed by atoms with Crippen molar-refractivity contribution < 1.29 is 4.79 Å². The first-order valence-corrected chi connectivity index (χ1v) is 6.26. The maximum atomic E-state index is 11.0. The van der Waals surface area contributed by atoms with Crippen molar-refractivity contribution in [3.05, 3.63) is 35.9 Å². The van der Waals surface area contributed by atoms with Crippen LogP contribution in [0.3, 0.4) is 0 Å². The number of hydrogen-bond acceptors (Lipinski definition) is 3. The summed E-state index contributed by atoms with van der Waals surface area (Å²) in [5.74, 6) is 0.932. The van der Waals surface area contributed by atoms with Crippen LogP contribution in [-0.4, -0.2) is 23.4 Å². The Labute approximate surface area is 99.3 Å². The average Bonchev–Trinajstić information content (AvgIpc) is 2.73. The molecule has 1 heterocycles. The Morgan fingerprint density at radius 1 is 1.44 bits per heavy atom. The summed E-state index contributed by atoms with van der Waals surface area (Å²) in [7, 11) is 0. The van der Waals surface area contributed by atoms with Gasteiger partial charge in [-0.25, -0.2) is 0 Å². The molecule has 1 amide bonds. The normalized spacial score (nSPS) is 19.8. The second-order valence-corrected chi connectivity index (χ2v) is 4.76. The number of rotatable bonds is 3. The van der Waals surface area contributed by atoms with E-state index in [1.807, 2.05) is 18.2 Å².